The van der Waals surface area contributed by atoms with Gasteiger partial charge in [0.25, 0.3) is 0 Å². The molecule has 0 radical (unpaired) electrons. The average molecular weight is 281 g/mol. The number of aliphatic hydroxyl groups excluding tert-OH is 1. The average Bonchev–Trinajstić information content (AvgIpc) is 3.36. The third-order valence-electron chi connectivity index (χ3n) is 5.45. The van der Waals surface area contributed by atoms with Crippen molar-refractivity contribution >= 4 is 0 Å². The van der Waals surface area contributed by atoms with Crippen molar-refractivity contribution in [1.29, 1.82) is 0 Å². The molecular formula is C16H27NO3. The number of nitrogens with zero attached hydrogens (tertiary/aromatic N) is 1. The Morgan fingerprint density at radius 3 is 2.10 bits per heavy atom. The maximum Gasteiger partial charge on any atom is 0.170 e. The van der Waals surface area contributed by atoms with Crippen molar-refractivity contribution in [2.24, 2.45) is 11.8 Å². The van der Waals surface area contributed by atoms with E-state index in [4.69, 9.17) is 9.47 Å². The molecule has 2 unspecified atom stereocenters. The molecule has 1 heterocycles. The monoisotopic (exact) mass is 281 g/mol. The molecule has 1 spiro atoms. The minimum Gasteiger partial charge on any atom is -0.391 e. The highest BCUT2D eigenvalue weighted by molar-refractivity contribution is 4.96. The van der Waals surface area contributed by atoms with Gasteiger partial charge in [-0.25, -0.2) is 0 Å². The van der Waals surface area contributed by atoms with Gasteiger partial charge in [0.1, 0.15) is 0 Å². The molecule has 4 nitrogen and oxygen atoms in total. The molecule has 0 bridgehead atoms. The van der Waals surface area contributed by atoms with E-state index in [1.54, 1.807) is 0 Å². The highest BCUT2D eigenvalue weighted by atomic mass is 16.7. The largest absolute Gasteiger partial charge is 0.391 e. The van der Waals surface area contributed by atoms with Crippen LogP contribution in [0.1, 0.15) is 44.9 Å². The predicted octanol–water partition coefficient (Wildman–Crippen LogP) is 1.76. The highest BCUT2D eigenvalue weighted by Crippen LogP contribution is 2.41. The van der Waals surface area contributed by atoms with Crippen molar-refractivity contribution in [3.63, 3.8) is 0 Å². The lowest BCUT2D eigenvalue weighted by molar-refractivity contribution is -0.205. The first-order valence-corrected chi connectivity index (χ1v) is 8.44. The summed E-state index contributed by atoms with van der Waals surface area (Å²) >= 11 is 0. The molecule has 20 heavy (non-hydrogen) atoms. The van der Waals surface area contributed by atoms with Gasteiger partial charge in [0.15, 0.2) is 5.79 Å². The molecular weight excluding hydrogens is 254 g/mol. The third kappa shape index (κ3) is 2.89. The molecule has 114 valence electrons. The lowest BCUT2D eigenvalue weighted by atomic mass is 9.86. The van der Waals surface area contributed by atoms with Gasteiger partial charge in [-0.05, 0) is 43.9 Å². The highest BCUT2D eigenvalue weighted by Gasteiger charge is 2.47. The van der Waals surface area contributed by atoms with Crippen LogP contribution < -0.4 is 0 Å². The summed E-state index contributed by atoms with van der Waals surface area (Å²) in [6, 6.07) is 0.239. The Morgan fingerprint density at radius 2 is 1.55 bits per heavy atom. The van der Waals surface area contributed by atoms with Gasteiger partial charge >= 0.3 is 0 Å². The van der Waals surface area contributed by atoms with Gasteiger partial charge in [0.05, 0.1) is 19.3 Å². The van der Waals surface area contributed by atoms with E-state index in [9.17, 15) is 5.11 Å². The van der Waals surface area contributed by atoms with E-state index >= 15 is 0 Å². The van der Waals surface area contributed by atoms with Crippen molar-refractivity contribution in [1.82, 2.24) is 4.90 Å². The SMILES string of the molecule is OC1CCC2(CC1N(CC1CC1)CC1CC1)OCCO2. The normalized spacial score (nSPS) is 36.9. The van der Waals surface area contributed by atoms with E-state index in [-0.39, 0.29) is 17.9 Å². The maximum absolute atomic E-state index is 10.5. The summed E-state index contributed by atoms with van der Waals surface area (Å²) in [4.78, 5) is 2.58. The van der Waals surface area contributed by atoms with E-state index in [1.165, 1.54) is 38.8 Å². The summed E-state index contributed by atoms with van der Waals surface area (Å²) in [6.45, 7) is 3.78. The molecule has 3 aliphatic carbocycles. The van der Waals surface area contributed by atoms with Gasteiger partial charge in [0.2, 0.25) is 0 Å². The van der Waals surface area contributed by atoms with Crippen LogP contribution in [0.25, 0.3) is 0 Å². The first-order chi connectivity index (χ1) is 9.74. The van der Waals surface area contributed by atoms with Crippen LogP contribution in [0, 0.1) is 11.8 Å². The minimum absolute atomic E-state index is 0.203. The minimum atomic E-state index is -0.380. The molecule has 3 saturated carbocycles. The number of hydrogen-bond acceptors (Lipinski definition) is 4. The Hall–Kier alpha value is -0.160. The Bertz CT molecular complexity index is 334. The van der Waals surface area contributed by atoms with E-state index in [2.05, 4.69) is 4.90 Å². The van der Waals surface area contributed by atoms with Crippen molar-refractivity contribution in [3.05, 3.63) is 0 Å². The zero-order valence-corrected chi connectivity index (χ0v) is 12.3. The summed E-state index contributed by atoms with van der Waals surface area (Å²) in [5.41, 5.74) is 0. The van der Waals surface area contributed by atoms with Gasteiger partial charge in [-0.3, -0.25) is 4.90 Å². The fraction of sp³-hybridized carbons (Fsp3) is 1.00. The molecule has 1 aliphatic heterocycles. The second-order valence-electron chi connectivity index (χ2n) is 7.33. The van der Waals surface area contributed by atoms with Crippen molar-refractivity contribution in [3.8, 4) is 0 Å². The molecule has 0 aromatic rings. The number of aliphatic hydroxyl groups is 1. The molecule has 1 N–H and O–H groups in total. The zero-order chi connectivity index (χ0) is 13.6. The first-order valence-electron chi connectivity index (χ1n) is 8.44. The Labute approximate surface area is 121 Å². The smallest absolute Gasteiger partial charge is 0.170 e. The van der Waals surface area contributed by atoms with Gasteiger partial charge in [-0.2, -0.15) is 0 Å². The fourth-order valence-electron chi connectivity index (χ4n) is 3.86. The van der Waals surface area contributed by atoms with Gasteiger partial charge in [-0.1, -0.05) is 0 Å². The maximum atomic E-state index is 10.5. The van der Waals surface area contributed by atoms with Gasteiger partial charge in [-0.15, -0.1) is 0 Å². The standard InChI is InChI=1S/C16H27NO3/c18-15-5-6-16(19-7-8-20-16)9-14(15)17(10-12-1-2-12)11-13-3-4-13/h12-15,18H,1-11H2. The van der Waals surface area contributed by atoms with Crippen molar-refractivity contribution < 1.29 is 14.6 Å². The van der Waals surface area contributed by atoms with Gasteiger partial charge in [0, 0.05) is 32.0 Å². The van der Waals surface area contributed by atoms with Crippen molar-refractivity contribution in [2.45, 2.75) is 62.9 Å². The number of hydrogen-bond donors (Lipinski definition) is 1. The summed E-state index contributed by atoms with van der Waals surface area (Å²) in [7, 11) is 0. The summed E-state index contributed by atoms with van der Waals surface area (Å²) in [5, 5.41) is 10.5. The molecule has 0 amide bonds. The predicted molar refractivity (Wildman–Crippen MR) is 75.3 cm³/mol. The number of rotatable bonds is 5. The van der Waals surface area contributed by atoms with Crippen LogP contribution in [-0.2, 0) is 9.47 Å². The topological polar surface area (TPSA) is 41.9 Å². The second kappa shape index (κ2) is 5.24. The molecule has 0 aromatic heterocycles. The van der Waals surface area contributed by atoms with Crippen LogP contribution in [0.2, 0.25) is 0 Å². The Morgan fingerprint density at radius 1 is 0.950 bits per heavy atom. The van der Waals surface area contributed by atoms with Crippen LogP contribution in [-0.4, -0.2) is 54.2 Å². The fourth-order valence-corrected chi connectivity index (χ4v) is 3.86. The molecule has 0 aromatic carbocycles. The summed E-state index contributed by atoms with van der Waals surface area (Å²) in [6.07, 6.45) is 7.83. The molecule has 4 aliphatic rings. The van der Waals surface area contributed by atoms with Crippen LogP contribution in [0.15, 0.2) is 0 Å². The molecule has 1 saturated heterocycles. The third-order valence-corrected chi connectivity index (χ3v) is 5.45. The summed E-state index contributed by atoms with van der Waals surface area (Å²) in [5.74, 6) is 1.38. The summed E-state index contributed by atoms with van der Waals surface area (Å²) < 4.78 is 11.8. The number of ether oxygens (including phenoxy) is 2. The van der Waals surface area contributed by atoms with Crippen molar-refractivity contribution in [2.75, 3.05) is 26.3 Å². The molecule has 4 rings (SSSR count). The molecule has 4 heteroatoms. The Balaban J connectivity index is 1.46. The lowest BCUT2D eigenvalue weighted by Gasteiger charge is -2.44. The van der Waals surface area contributed by atoms with E-state index < -0.39 is 0 Å². The quantitative estimate of drug-likeness (QED) is 0.834. The van der Waals surface area contributed by atoms with E-state index in [1.807, 2.05) is 0 Å². The zero-order valence-electron chi connectivity index (χ0n) is 12.3. The molecule has 2 atom stereocenters. The van der Waals surface area contributed by atoms with Crippen LogP contribution in [0.5, 0.6) is 0 Å². The lowest BCUT2D eigenvalue weighted by Crippen LogP contribution is -2.54. The van der Waals surface area contributed by atoms with E-state index in [0.29, 0.717) is 13.2 Å². The second-order valence-corrected chi connectivity index (χ2v) is 7.33. The van der Waals surface area contributed by atoms with Crippen LogP contribution in [0.3, 0.4) is 0 Å². The molecule has 4 fully saturated rings. The van der Waals surface area contributed by atoms with Gasteiger partial charge < -0.3 is 14.6 Å². The Kier molecular flexibility index (Phi) is 3.53. The van der Waals surface area contributed by atoms with Crippen LogP contribution in [0.4, 0.5) is 0 Å². The van der Waals surface area contributed by atoms with Crippen LogP contribution >= 0.6 is 0 Å². The van der Waals surface area contributed by atoms with E-state index in [0.717, 1.165) is 31.1 Å². The first kappa shape index (κ1) is 13.5.